The molecule has 0 atom stereocenters. The Hall–Kier alpha value is -3.78. The molecule has 4 aromatic rings. The molecule has 162 valence electrons. The molecule has 7 nitrogen and oxygen atoms in total. The highest BCUT2D eigenvalue weighted by atomic mass is 32.1. The van der Waals surface area contributed by atoms with Gasteiger partial charge in [-0.25, -0.2) is 9.97 Å². The van der Waals surface area contributed by atoms with Crippen LogP contribution in [0.5, 0.6) is 5.75 Å². The summed E-state index contributed by atoms with van der Waals surface area (Å²) < 4.78 is 5.15. The number of rotatable bonds is 7. The lowest BCUT2D eigenvalue weighted by Crippen LogP contribution is -2.26. The first kappa shape index (κ1) is 21.5. The van der Waals surface area contributed by atoms with Gasteiger partial charge in [0.1, 0.15) is 22.3 Å². The third kappa shape index (κ3) is 5.09. The number of carbonyl (C=O) groups is 1. The van der Waals surface area contributed by atoms with Crippen molar-refractivity contribution in [3.8, 4) is 16.3 Å². The maximum Gasteiger partial charge on any atom is 0.270 e. The first-order valence-electron chi connectivity index (χ1n) is 10.0. The van der Waals surface area contributed by atoms with Crippen molar-refractivity contribution in [2.24, 2.45) is 0 Å². The molecule has 0 bridgehead atoms. The Kier molecular flexibility index (Phi) is 6.42. The number of benzene rings is 2. The summed E-state index contributed by atoms with van der Waals surface area (Å²) in [5.74, 6) is 0.747. The molecule has 2 aromatic heterocycles. The number of aromatic amines is 1. The van der Waals surface area contributed by atoms with Crippen molar-refractivity contribution in [3.63, 3.8) is 0 Å². The van der Waals surface area contributed by atoms with Gasteiger partial charge in [0, 0.05) is 23.4 Å². The number of nitrogens with one attached hydrogen (secondary N) is 2. The fourth-order valence-electron chi connectivity index (χ4n) is 3.23. The Bertz CT molecular complexity index is 1300. The van der Waals surface area contributed by atoms with Gasteiger partial charge in [0.15, 0.2) is 0 Å². The van der Waals surface area contributed by atoms with Crippen LogP contribution in [0.4, 0.5) is 0 Å². The molecule has 32 heavy (non-hydrogen) atoms. The number of nitrogens with zero attached hydrogens (tertiary/aromatic N) is 2. The SMILES string of the molecule is COc1ccc(Cc2nc(C(=O)NCc3csc(-c4ccccc4C)n3)cc(=O)[nH]2)cc1. The second-order valence-corrected chi connectivity index (χ2v) is 8.10. The number of methoxy groups -OCH3 is 1. The lowest BCUT2D eigenvalue weighted by Gasteiger charge is -2.06. The van der Waals surface area contributed by atoms with Crippen LogP contribution >= 0.6 is 11.3 Å². The van der Waals surface area contributed by atoms with Gasteiger partial charge < -0.3 is 15.0 Å². The van der Waals surface area contributed by atoms with Crippen LogP contribution in [0.15, 0.2) is 64.8 Å². The molecule has 0 spiro atoms. The molecule has 0 aliphatic carbocycles. The van der Waals surface area contributed by atoms with Crippen LogP contribution in [-0.2, 0) is 13.0 Å². The van der Waals surface area contributed by atoms with E-state index in [-0.39, 0.29) is 17.8 Å². The predicted octanol–water partition coefficient (Wildman–Crippen LogP) is 3.73. The number of hydrogen-bond acceptors (Lipinski definition) is 6. The van der Waals surface area contributed by atoms with Crippen LogP contribution in [-0.4, -0.2) is 28.0 Å². The first-order valence-corrected chi connectivity index (χ1v) is 10.9. The number of amides is 1. The van der Waals surface area contributed by atoms with Crippen molar-refractivity contribution in [3.05, 3.63) is 98.7 Å². The number of H-pyrrole nitrogens is 1. The summed E-state index contributed by atoms with van der Waals surface area (Å²) in [6.45, 7) is 2.30. The summed E-state index contributed by atoms with van der Waals surface area (Å²) in [4.78, 5) is 36.3. The van der Waals surface area contributed by atoms with Gasteiger partial charge in [0.2, 0.25) is 0 Å². The van der Waals surface area contributed by atoms with Crippen molar-refractivity contribution >= 4 is 17.2 Å². The molecule has 0 aliphatic rings. The molecule has 8 heteroatoms. The quantitative estimate of drug-likeness (QED) is 0.451. The maximum atomic E-state index is 12.6. The van der Waals surface area contributed by atoms with Gasteiger partial charge >= 0.3 is 0 Å². The van der Waals surface area contributed by atoms with Crippen LogP contribution in [0.1, 0.15) is 33.1 Å². The highest BCUT2D eigenvalue weighted by Crippen LogP contribution is 2.26. The van der Waals surface area contributed by atoms with Gasteiger partial charge in [0.25, 0.3) is 11.5 Å². The van der Waals surface area contributed by atoms with Gasteiger partial charge in [0.05, 0.1) is 19.3 Å². The van der Waals surface area contributed by atoms with E-state index in [0.717, 1.165) is 33.1 Å². The molecule has 0 aliphatic heterocycles. The van der Waals surface area contributed by atoms with Crippen molar-refractivity contribution < 1.29 is 9.53 Å². The van der Waals surface area contributed by atoms with Crippen LogP contribution in [0.2, 0.25) is 0 Å². The van der Waals surface area contributed by atoms with Crippen LogP contribution in [0.25, 0.3) is 10.6 Å². The fraction of sp³-hybridized carbons (Fsp3) is 0.167. The summed E-state index contributed by atoms with van der Waals surface area (Å²) in [7, 11) is 1.60. The maximum absolute atomic E-state index is 12.6. The van der Waals surface area contributed by atoms with E-state index >= 15 is 0 Å². The summed E-state index contributed by atoms with van der Waals surface area (Å²) in [5, 5.41) is 5.63. The van der Waals surface area contributed by atoms with E-state index in [9.17, 15) is 9.59 Å². The monoisotopic (exact) mass is 446 g/mol. The lowest BCUT2D eigenvalue weighted by atomic mass is 10.1. The number of aryl methyl sites for hydroxylation is 1. The normalized spacial score (nSPS) is 10.7. The minimum Gasteiger partial charge on any atom is -0.497 e. The second kappa shape index (κ2) is 9.57. The predicted molar refractivity (Wildman–Crippen MR) is 124 cm³/mol. The largest absolute Gasteiger partial charge is 0.497 e. The molecule has 2 heterocycles. The number of carbonyl (C=O) groups excluding carboxylic acids is 1. The Balaban J connectivity index is 1.43. The molecule has 2 N–H and O–H groups in total. The highest BCUT2D eigenvalue weighted by Gasteiger charge is 2.13. The van der Waals surface area contributed by atoms with Crippen LogP contribution < -0.4 is 15.6 Å². The summed E-state index contributed by atoms with van der Waals surface area (Å²) in [6.07, 6.45) is 0.395. The lowest BCUT2D eigenvalue weighted by molar-refractivity contribution is 0.0945. The molecule has 0 unspecified atom stereocenters. The van der Waals surface area contributed by atoms with E-state index in [1.807, 2.05) is 60.8 Å². The zero-order valence-corrected chi connectivity index (χ0v) is 18.5. The molecule has 0 radical (unpaired) electrons. The van der Waals surface area contributed by atoms with Gasteiger partial charge in [-0.05, 0) is 30.2 Å². The van der Waals surface area contributed by atoms with E-state index < -0.39 is 5.91 Å². The van der Waals surface area contributed by atoms with Crippen molar-refractivity contribution in [1.82, 2.24) is 20.3 Å². The molecular weight excluding hydrogens is 424 g/mol. The van der Waals surface area contributed by atoms with Gasteiger partial charge in [-0.2, -0.15) is 0 Å². The van der Waals surface area contributed by atoms with E-state index in [4.69, 9.17) is 4.74 Å². The third-order valence-electron chi connectivity index (χ3n) is 4.91. The van der Waals surface area contributed by atoms with E-state index in [1.54, 1.807) is 7.11 Å². The Morgan fingerprint density at radius 2 is 1.91 bits per heavy atom. The first-order chi connectivity index (χ1) is 15.5. The number of ether oxygens (including phenoxy) is 1. The standard InChI is InChI=1S/C24H22N4O3S/c1-15-5-3-4-6-19(15)24-26-17(14-32-24)13-25-23(30)20-12-22(29)28-21(27-20)11-16-7-9-18(31-2)10-8-16/h3-10,12,14H,11,13H2,1-2H3,(H,25,30)(H,27,28,29). The van der Waals surface area contributed by atoms with Crippen molar-refractivity contribution in [1.29, 1.82) is 0 Å². The number of thiazole rings is 1. The second-order valence-electron chi connectivity index (χ2n) is 7.24. The topological polar surface area (TPSA) is 97.0 Å². The summed E-state index contributed by atoms with van der Waals surface area (Å²) in [5.41, 5.74) is 3.63. The van der Waals surface area contributed by atoms with Crippen molar-refractivity contribution in [2.45, 2.75) is 19.9 Å². The zero-order valence-electron chi connectivity index (χ0n) is 17.7. The molecule has 0 fully saturated rings. The highest BCUT2D eigenvalue weighted by molar-refractivity contribution is 7.13. The number of aromatic nitrogens is 3. The summed E-state index contributed by atoms with van der Waals surface area (Å²) in [6, 6.07) is 16.7. The Morgan fingerprint density at radius 1 is 1.12 bits per heavy atom. The Labute approximate surface area is 189 Å². The average molecular weight is 447 g/mol. The zero-order chi connectivity index (χ0) is 22.5. The minimum atomic E-state index is -0.419. The molecule has 1 amide bonds. The van der Waals surface area contributed by atoms with Gasteiger partial charge in [-0.15, -0.1) is 11.3 Å². The molecule has 0 saturated heterocycles. The average Bonchev–Trinajstić information content (AvgIpc) is 3.26. The fourth-order valence-corrected chi connectivity index (χ4v) is 4.14. The van der Waals surface area contributed by atoms with E-state index in [2.05, 4.69) is 20.3 Å². The van der Waals surface area contributed by atoms with Gasteiger partial charge in [-0.3, -0.25) is 9.59 Å². The van der Waals surface area contributed by atoms with E-state index in [1.165, 1.54) is 17.4 Å². The summed E-state index contributed by atoms with van der Waals surface area (Å²) >= 11 is 1.53. The van der Waals surface area contributed by atoms with Crippen LogP contribution in [0, 0.1) is 6.92 Å². The Morgan fingerprint density at radius 3 is 2.66 bits per heavy atom. The van der Waals surface area contributed by atoms with Crippen LogP contribution in [0.3, 0.4) is 0 Å². The smallest absolute Gasteiger partial charge is 0.270 e. The van der Waals surface area contributed by atoms with Gasteiger partial charge in [-0.1, -0.05) is 36.4 Å². The van der Waals surface area contributed by atoms with E-state index in [0.29, 0.717) is 12.2 Å². The molecule has 2 aromatic carbocycles. The molecular formula is C24H22N4O3S. The number of hydrogen-bond donors (Lipinski definition) is 2. The molecule has 0 saturated carbocycles. The minimum absolute atomic E-state index is 0.0756. The van der Waals surface area contributed by atoms with Crippen molar-refractivity contribution in [2.75, 3.05) is 7.11 Å². The third-order valence-corrected chi connectivity index (χ3v) is 5.84. The molecule has 4 rings (SSSR count).